The van der Waals surface area contributed by atoms with Crippen LogP contribution >= 0.6 is 0 Å². The molecule has 0 aliphatic rings. The summed E-state index contributed by atoms with van der Waals surface area (Å²) in [6.07, 6.45) is 0.479. The van der Waals surface area contributed by atoms with Gasteiger partial charge in [0.2, 0.25) is 0 Å². The summed E-state index contributed by atoms with van der Waals surface area (Å²) >= 11 is 0. The molecule has 0 saturated carbocycles. The van der Waals surface area contributed by atoms with Gasteiger partial charge < -0.3 is 15.7 Å². The molecule has 0 aromatic rings. The van der Waals surface area contributed by atoms with E-state index in [2.05, 4.69) is 10.6 Å². The molecule has 0 fully saturated rings. The molecule has 0 bridgehead atoms. The highest BCUT2D eigenvalue weighted by atomic mass is 16.4. The largest absolute Gasteiger partial charge is 0.481 e. The van der Waals surface area contributed by atoms with Gasteiger partial charge >= 0.3 is 12.0 Å². The average molecular weight is 230 g/mol. The Labute approximate surface area is 96.6 Å². The predicted molar refractivity (Wildman–Crippen MR) is 62.3 cm³/mol. The third kappa shape index (κ3) is 5.00. The molecular formula is C11H22N2O3. The Hall–Kier alpha value is -1.26. The highest BCUT2D eigenvalue weighted by molar-refractivity contribution is 5.77. The first-order valence-corrected chi connectivity index (χ1v) is 5.57. The maximum Gasteiger partial charge on any atom is 0.314 e. The summed E-state index contributed by atoms with van der Waals surface area (Å²) in [4.78, 5) is 22.3. The van der Waals surface area contributed by atoms with E-state index >= 15 is 0 Å². The van der Waals surface area contributed by atoms with Crippen LogP contribution in [0.15, 0.2) is 0 Å². The molecule has 5 heteroatoms. The van der Waals surface area contributed by atoms with Crippen LogP contribution in [0.2, 0.25) is 0 Å². The maximum atomic E-state index is 11.3. The van der Waals surface area contributed by atoms with Crippen LogP contribution in [0.25, 0.3) is 0 Å². The number of hydrogen-bond acceptors (Lipinski definition) is 2. The lowest BCUT2D eigenvalue weighted by Crippen LogP contribution is -2.45. The summed E-state index contributed by atoms with van der Waals surface area (Å²) in [6, 6.07) is -0.311. The minimum Gasteiger partial charge on any atom is -0.481 e. The number of carbonyl (C=O) groups excluding carboxylic acids is 1. The van der Waals surface area contributed by atoms with Crippen molar-refractivity contribution in [2.45, 2.75) is 34.1 Å². The topological polar surface area (TPSA) is 78.4 Å². The van der Waals surface area contributed by atoms with Crippen LogP contribution in [-0.2, 0) is 4.79 Å². The standard InChI is InChI=1S/C11H22N2O3/c1-5-11(4,9(14)15)7-13-10(16)12-6-8(2)3/h8H,5-7H2,1-4H3,(H,14,15)(H2,12,13,16). The van der Waals surface area contributed by atoms with Crippen LogP contribution in [0.5, 0.6) is 0 Å². The number of aliphatic carboxylic acids is 1. The molecule has 0 spiro atoms. The Balaban J connectivity index is 4.03. The Morgan fingerprint density at radius 2 is 1.88 bits per heavy atom. The van der Waals surface area contributed by atoms with Gasteiger partial charge in [0.15, 0.2) is 0 Å². The van der Waals surface area contributed by atoms with Crippen molar-refractivity contribution >= 4 is 12.0 Å². The molecule has 0 aromatic heterocycles. The van der Waals surface area contributed by atoms with Gasteiger partial charge in [0.05, 0.1) is 5.41 Å². The van der Waals surface area contributed by atoms with Crippen molar-refractivity contribution in [3.8, 4) is 0 Å². The van der Waals surface area contributed by atoms with Gasteiger partial charge in [-0.1, -0.05) is 20.8 Å². The molecule has 16 heavy (non-hydrogen) atoms. The SMILES string of the molecule is CCC(C)(CNC(=O)NCC(C)C)C(=O)O. The highest BCUT2D eigenvalue weighted by Crippen LogP contribution is 2.19. The van der Waals surface area contributed by atoms with Gasteiger partial charge in [-0.25, -0.2) is 4.79 Å². The lowest BCUT2D eigenvalue weighted by atomic mass is 9.88. The minimum absolute atomic E-state index is 0.142. The van der Waals surface area contributed by atoms with E-state index in [4.69, 9.17) is 5.11 Å². The molecule has 94 valence electrons. The normalized spacial score (nSPS) is 14.3. The number of carboxylic acid groups (broad SMARTS) is 1. The summed E-state index contributed by atoms with van der Waals surface area (Å²) in [7, 11) is 0. The molecule has 0 saturated heterocycles. The molecule has 1 atom stereocenters. The van der Waals surface area contributed by atoms with E-state index in [1.165, 1.54) is 0 Å². The second kappa shape index (κ2) is 6.35. The van der Waals surface area contributed by atoms with E-state index < -0.39 is 11.4 Å². The Morgan fingerprint density at radius 3 is 2.25 bits per heavy atom. The number of carbonyl (C=O) groups is 2. The Kier molecular flexibility index (Phi) is 5.85. The number of amides is 2. The molecule has 0 aromatic carbocycles. The zero-order valence-corrected chi connectivity index (χ0v) is 10.5. The lowest BCUT2D eigenvalue weighted by molar-refractivity contribution is -0.147. The van der Waals surface area contributed by atoms with Crippen LogP contribution in [0.4, 0.5) is 4.79 Å². The van der Waals surface area contributed by atoms with Gasteiger partial charge in [0.25, 0.3) is 0 Å². The van der Waals surface area contributed by atoms with E-state index in [1.807, 2.05) is 13.8 Å². The monoisotopic (exact) mass is 230 g/mol. The zero-order valence-electron chi connectivity index (χ0n) is 10.5. The highest BCUT2D eigenvalue weighted by Gasteiger charge is 2.31. The predicted octanol–water partition coefficient (Wildman–Crippen LogP) is 1.44. The van der Waals surface area contributed by atoms with Crippen LogP contribution < -0.4 is 10.6 Å². The number of nitrogens with one attached hydrogen (secondary N) is 2. The number of hydrogen-bond donors (Lipinski definition) is 3. The van der Waals surface area contributed by atoms with E-state index in [0.29, 0.717) is 18.9 Å². The minimum atomic E-state index is -0.894. The number of urea groups is 1. The Morgan fingerprint density at radius 1 is 1.31 bits per heavy atom. The first-order chi connectivity index (χ1) is 7.31. The summed E-state index contributed by atoms with van der Waals surface area (Å²) < 4.78 is 0. The van der Waals surface area contributed by atoms with Crippen LogP contribution in [0.1, 0.15) is 34.1 Å². The Bertz CT molecular complexity index is 254. The van der Waals surface area contributed by atoms with Gasteiger partial charge in [-0.2, -0.15) is 0 Å². The summed E-state index contributed by atoms with van der Waals surface area (Å²) in [5.74, 6) is -0.512. The van der Waals surface area contributed by atoms with Crippen molar-refractivity contribution in [2.24, 2.45) is 11.3 Å². The third-order valence-electron chi connectivity index (χ3n) is 2.61. The van der Waals surface area contributed by atoms with Crippen molar-refractivity contribution in [3.63, 3.8) is 0 Å². The van der Waals surface area contributed by atoms with Crippen LogP contribution in [-0.4, -0.2) is 30.2 Å². The first kappa shape index (κ1) is 14.7. The van der Waals surface area contributed by atoms with Crippen LogP contribution in [0.3, 0.4) is 0 Å². The molecule has 3 N–H and O–H groups in total. The average Bonchev–Trinajstić information content (AvgIpc) is 2.22. The van der Waals surface area contributed by atoms with E-state index in [1.54, 1.807) is 13.8 Å². The fourth-order valence-electron chi connectivity index (χ4n) is 0.987. The summed E-state index contributed by atoms with van der Waals surface area (Å²) in [5, 5.41) is 14.2. The molecule has 5 nitrogen and oxygen atoms in total. The van der Waals surface area contributed by atoms with Gasteiger partial charge in [0, 0.05) is 13.1 Å². The molecular weight excluding hydrogens is 208 g/mol. The van der Waals surface area contributed by atoms with E-state index in [0.717, 1.165) is 0 Å². The zero-order chi connectivity index (χ0) is 12.8. The van der Waals surface area contributed by atoms with Crippen molar-refractivity contribution in [2.75, 3.05) is 13.1 Å². The van der Waals surface area contributed by atoms with Crippen LogP contribution in [0, 0.1) is 11.3 Å². The first-order valence-electron chi connectivity index (χ1n) is 5.57. The van der Waals surface area contributed by atoms with Gasteiger partial charge in [-0.05, 0) is 19.3 Å². The molecule has 0 aliphatic carbocycles. The quantitative estimate of drug-likeness (QED) is 0.646. The van der Waals surface area contributed by atoms with Crippen molar-refractivity contribution in [1.82, 2.24) is 10.6 Å². The van der Waals surface area contributed by atoms with E-state index in [-0.39, 0.29) is 12.6 Å². The number of rotatable bonds is 6. The van der Waals surface area contributed by atoms with Crippen molar-refractivity contribution in [1.29, 1.82) is 0 Å². The fourth-order valence-corrected chi connectivity index (χ4v) is 0.987. The molecule has 0 aliphatic heterocycles. The van der Waals surface area contributed by atoms with Gasteiger partial charge in [0.1, 0.15) is 0 Å². The third-order valence-corrected chi connectivity index (χ3v) is 2.61. The second-order valence-corrected chi connectivity index (χ2v) is 4.68. The van der Waals surface area contributed by atoms with Gasteiger partial charge in [-0.3, -0.25) is 4.79 Å². The molecule has 0 heterocycles. The van der Waals surface area contributed by atoms with E-state index in [9.17, 15) is 9.59 Å². The second-order valence-electron chi connectivity index (χ2n) is 4.68. The van der Waals surface area contributed by atoms with Crippen molar-refractivity contribution < 1.29 is 14.7 Å². The molecule has 0 rings (SSSR count). The van der Waals surface area contributed by atoms with Crippen molar-refractivity contribution in [3.05, 3.63) is 0 Å². The fraction of sp³-hybridized carbons (Fsp3) is 0.818. The lowest BCUT2D eigenvalue weighted by Gasteiger charge is -2.23. The maximum absolute atomic E-state index is 11.3. The summed E-state index contributed by atoms with van der Waals surface area (Å²) in [6.45, 7) is 8.13. The number of carboxylic acids is 1. The smallest absolute Gasteiger partial charge is 0.314 e. The molecule has 1 unspecified atom stereocenters. The van der Waals surface area contributed by atoms with Gasteiger partial charge in [-0.15, -0.1) is 0 Å². The molecule has 2 amide bonds. The molecule has 0 radical (unpaired) electrons. The summed E-state index contributed by atoms with van der Waals surface area (Å²) in [5.41, 5.74) is -0.894.